The standard InChI is InChI=1S/C14H23NO/c1-5-11(3)15(6-2)12(4)13-8-7-9-14(16)10-13/h7-12,16H,5-6H2,1-4H3. The van der Waals surface area contributed by atoms with Crippen LogP contribution in [0.2, 0.25) is 0 Å². The fraction of sp³-hybridized carbons (Fsp3) is 0.571. The predicted octanol–water partition coefficient (Wildman–Crippen LogP) is 3.57. The van der Waals surface area contributed by atoms with Crippen molar-refractivity contribution >= 4 is 0 Å². The monoisotopic (exact) mass is 221 g/mol. The van der Waals surface area contributed by atoms with Crippen molar-refractivity contribution in [1.29, 1.82) is 0 Å². The molecule has 0 saturated carbocycles. The fourth-order valence-corrected chi connectivity index (χ4v) is 2.18. The first-order valence-corrected chi connectivity index (χ1v) is 6.14. The van der Waals surface area contributed by atoms with Crippen LogP contribution in [0.5, 0.6) is 5.75 Å². The van der Waals surface area contributed by atoms with E-state index in [2.05, 4.69) is 38.7 Å². The summed E-state index contributed by atoms with van der Waals surface area (Å²) in [4.78, 5) is 2.45. The minimum atomic E-state index is 0.351. The van der Waals surface area contributed by atoms with Crippen LogP contribution in [-0.2, 0) is 0 Å². The van der Waals surface area contributed by atoms with Crippen molar-refractivity contribution in [3.63, 3.8) is 0 Å². The Hall–Kier alpha value is -1.02. The Kier molecular flexibility index (Phi) is 4.81. The number of aromatic hydroxyl groups is 1. The molecule has 1 N–H and O–H groups in total. The molecule has 0 amide bonds. The van der Waals surface area contributed by atoms with Crippen molar-refractivity contribution in [1.82, 2.24) is 4.90 Å². The van der Waals surface area contributed by atoms with Crippen LogP contribution >= 0.6 is 0 Å². The first-order chi connectivity index (χ1) is 7.60. The van der Waals surface area contributed by atoms with Gasteiger partial charge in [0.1, 0.15) is 5.75 Å². The summed E-state index contributed by atoms with van der Waals surface area (Å²) in [6.07, 6.45) is 1.15. The van der Waals surface area contributed by atoms with Gasteiger partial charge in [-0.25, -0.2) is 0 Å². The summed E-state index contributed by atoms with van der Waals surface area (Å²) < 4.78 is 0. The SMILES string of the molecule is CCC(C)N(CC)C(C)c1cccc(O)c1. The third-order valence-electron chi connectivity index (χ3n) is 3.37. The number of benzene rings is 1. The van der Waals surface area contributed by atoms with E-state index in [1.165, 1.54) is 5.56 Å². The Morgan fingerprint density at radius 2 is 1.94 bits per heavy atom. The smallest absolute Gasteiger partial charge is 0.115 e. The summed E-state index contributed by atoms with van der Waals surface area (Å²) in [6, 6.07) is 8.49. The summed E-state index contributed by atoms with van der Waals surface area (Å²) in [6.45, 7) is 9.88. The van der Waals surface area contributed by atoms with E-state index in [1.807, 2.05) is 12.1 Å². The number of hydrogen-bond donors (Lipinski definition) is 1. The van der Waals surface area contributed by atoms with Crippen LogP contribution in [0.25, 0.3) is 0 Å². The minimum absolute atomic E-state index is 0.351. The highest BCUT2D eigenvalue weighted by Crippen LogP contribution is 2.25. The molecule has 0 aliphatic heterocycles. The lowest BCUT2D eigenvalue weighted by Gasteiger charge is -2.33. The molecular weight excluding hydrogens is 198 g/mol. The lowest BCUT2D eigenvalue weighted by atomic mass is 10.0. The van der Waals surface area contributed by atoms with E-state index in [-0.39, 0.29) is 0 Å². The van der Waals surface area contributed by atoms with Crippen molar-refractivity contribution in [2.75, 3.05) is 6.54 Å². The molecule has 2 heteroatoms. The van der Waals surface area contributed by atoms with Crippen LogP contribution in [0.3, 0.4) is 0 Å². The molecule has 0 aliphatic carbocycles. The number of nitrogens with zero attached hydrogens (tertiary/aromatic N) is 1. The molecule has 1 rings (SSSR count). The van der Waals surface area contributed by atoms with Crippen LogP contribution in [0, 0.1) is 0 Å². The normalized spacial score (nSPS) is 15.1. The zero-order valence-corrected chi connectivity index (χ0v) is 10.8. The summed E-state index contributed by atoms with van der Waals surface area (Å²) in [5, 5.41) is 9.49. The number of rotatable bonds is 5. The highest BCUT2D eigenvalue weighted by Gasteiger charge is 2.18. The van der Waals surface area contributed by atoms with Gasteiger partial charge in [0, 0.05) is 12.1 Å². The first-order valence-electron chi connectivity index (χ1n) is 6.14. The molecule has 0 heterocycles. The Morgan fingerprint density at radius 3 is 2.44 bits per heavy atom. The Balaban J connectivity index is 2.86. The van der Waals surface area contributed by atoms with Crippen LogP contribution in [0.4, 0.5) is 0 Å². The quantitative estimate of drug-likeness (QED) is 0.821. The largest absolute Gasteiger partial charge is 0.508 e. The lowest BCUT2D eigenvalue weighted by molar-refractivity contribution is 0.159. The molecule has 2 atom stereocenters. The Labute approximate surface area is 98.9 Å². The molecule has 0 spiro atoms. The van der Waals surface area contributed by atoms with Gasteiger partial charge in [-0.3, -0.25) is 4.90 Å². The van der Waals surface area contributed by atoms with E-state index < -0.39 is 0 Å². The molecule has 16 heavy (non-hydrogen) atoms. The zero-order valence-electron chi connectivity index (χ0n) is 10.8. The lowest BCUT2D eigenvalue weighted by Crippen LogP contribution is -2.34. The van der Waals surface area contributed by atoms with Gasteiger partial charge >= 0.3 is 0 Å². The molecule has 1 aromatic rings. The van der Waals surface area contributed by atoms with Crippen molar-refractivity contribution in [2.24, 2.45) is 0 Å². The molecule has 90 valence electrons. The van der Waals surface area contributed by atoms with Crippen LogP contribution in [0.15, 0.2) is 24.3 Å². The molecule has 2 unspecified atom stereocenters. The van der Waals surface area contributed by atoms with Gasteiger partial charge in [-0.2, -0.15) is 0 Å². The van der Waals surface area contributed by atoms with Gasteiger partial charge in [-0.05, 0) is 44.5 Å². The molecule has 0 bridgehead atoms. The van der Waals surface area contributed by atoms with Gasteiger partial charge in [0.25, 0.3) is 0 Å². The van der Waals surface area contributed by atoms with E-state index in [9.17, 15) is 5.11 Å². The van der Waals surface area contributed by atoms with E-state index in [0.717, 1.165) is 13.0 Å². The van der Waals surface area contributed by atoms with Gasteiger partial charge in [0.2, 0.25) is 0 Å². The second kappa shape index (κ2) is 5.90. The third kappa shape index (κ3) is 2.99. The molecule has 0 saturated heterocycles. The maximum Gasteiger partial charge on any atom is 0.115 e. The van der Waals surface area contributed by atoms with Gasteiger partial charge in [0.05, 0.1) is 0 Å². The van der Waals surface area contributed by atoms with E-state index in [1.54, 1.807) is 6.07 Å². The van der Waals surface area contributed by atoms with Gasteiger partial charge in [-0.15, -0.1) is 0 Å². The zero-order chi connectivity index (χ0) is 12.1. The highest BCUT2D eigenvalue weighted by atomic mass is 16.3. The second-order valence-electron chi connectivity index (χ2n) is 4.36. The van der Waals surface area contributed by atoms with Crippen LogP contribution in [-0.4, -0.2) is 22.6 Å². The first kappa shape index (κ1) is 13.0. The van der Waals surface area contributed by atoms with E-state index >= 15 is 0 Å². The Morgan fingerprint density at radius 1 is 1.25 bits per heavy atom. The molecule has 0 aliphatic rings. The summed E-state index contributed by atoms with van der Waals surface area (Å²) in [5.74, 6) is 0.351. The maximum absolute atomic E-state index is 9.49. The molecule has 1 aromatic carbocycles. The van der Waals surface area contributed by atoms with Crippen molar-refractivity contribution in [3.8, 4) is 5.75 Å². The highest BCUT2D eigenvalue weighted by molar-refractivity contribution is 5.29. The maximum atomic E-state index is 9.49. The van der Waals surface area contributed by atoms with Gasteiger partial charge < -0.3 is 5.11 Å². The summed E-state index contributed by atoms with van der Waals surface area (Å²) in [5.41, 5.74) is 1.18. The van der Waals surface area contributed by atoms with Crippen LogP contribution < -0.4 is 0 Å². The van der Waals surface area contributed by atoms with Gasteiger partial charge in [-0.1, -0.05) is 26.0 Å². The topological polar surface area (TPSA) is 23.5 Å². The Bertz CT molecular complexity index is 324. The van der Waals surface area contributed by atoms with E-state index in [0.29, 0.717) is 17.8 Å². The average molecular weight is 221 g/mol. The fourth-order valence-electron chi connectivity index (χ4n) is 2.18. The molecule has 0 fully saturated rings. The second-order valence-corrected chi connectivity index (χ2v) is 4.36. The molecule has 0 radical (unpaired) electrons. The molecule has 2 nitrogen and oxygen atoms in total. The van der Waals surface area contributed by atoms with E-state index in [4.69, 9.17) is 0 Å². The molecule has 0 aromatic heterocycles. The van der Waals surface area contributed by atoms with Crippen LogP contribution in [0.1, 0.15) is 45.7 Å². The van der Waals surface area contributed by atoms with Crippen molar-refractivity contribution < 1.29 is 5.11 Å². The third-order valence-corrected chi connectivity index (χ3v) is 3.37. The van der Waals surface area contributed by atoms with Crippen molar-refractivity contribution in [3.05, 3.63) is 29.8 Å². The summed E-state index contributed by atoms with van der Waals surface area (Å²) >= 11 is 0. The predicted molar refractivity (Wildman–Crippen MR) is 68.7 cm³/mol. The van der Waals surface area contributed by atoms with Gasteiger partial charge in [0.15, 0.2) is 0 Å². The number of hydrogen-bond acceptors (Lipinski definition) is 2. The number of phenols is 1. The minimum Gasteiger partial charge on any atom is -0.508 e. The summed E-state index contributed by atoms with van der Waals surface area (Å²) in [7, 11) is 0. The van der Waals surface area contributed by atoms with Crippen molar-refractivity contribution in [2.45, 2.75) is 46.2 Å². The molecular formula is C14H23NO. The number of phenolic OH excluding ortho intramolecular Hbond substituents is 1. The average Bonchev–Trinajstić information content (AvgIpc) is 2.29.